The van der Waals surface area contributed by atoms with E-state index in [2.05, 4.69) is 15.0 Å². The lowest BCUT2D eigenvalue weighted by molar-refractivity contribution is 0.589. The molecule has 0 aromatic carbocycles. The van der Waals surface area contributed by atoms with Crippen molar-refractivity contribution < 1.29 is 8.42 Å². The number of nitrogen functional groups attached to an aromatic ring is 1. The van der Waals surface area contributed by atoms with Gasteiger partial charge in [-0.25, -0.2) is 18.1 Å². The van der Waals surface area contributed by atoms with E-state index in [0.29, 0.717) is 24.6 Å². The Balaban J connectivity index is 2.36. The maximum absolute atomic E-state index is 10.7. The Bertz CT molecular complexity index is 418. The third kappa shape index (κ3) is 4.61. The van der Waals surface area contributed by atoms with Crippen LogP contribution in [0.3, 0.4) is 0 Å². The number of anilines is 2. The smallest absolute Gasteiger partial charge is 0.208 e. The average Bonchev–Trinajstić information content (AvgIpc) is 2.13. The molecule has 7 heteroatoms. The fourth-order valence-corrected chi connectivity index (χ4v) is 1.47. The molecule has 0 spiro atoms. The number of rotatable bonds is 5. The summed E-state index contributed by atoms with van der Waals surface area (Å²) in [5, 5.41) is 2.97. The topological polar surface area (TPSA) is 97.1 Å². The van der Waals surface area contributed by atoms with Crippen molar-refractivity contribution in [3.05, 3.63) is 18.3 Å². The summed E-state index contributed by atoms with van der Waals surface area (Å²) in [6.07, 6.45) is 2.71. The first-order chi connectivity index (χ1) is 6.99. The molecule has 1 aromatic rings. The largest absolute Gasteiger partial charge is 0.382 e. The van der Waals surface area contributed by atoms with Crippen molar-refractivity contribution in [1.29, 1.82) is 0 Å². The van der Waals surface area contributed by atoms with Crippen LogP contribution in [0.5, 0.6) is 0 Å². The summed E-state index contributed by atoms with van der Waals surface area (Å²) in [5.41, 5.74) is 6.28. The minimum Gasteiger partial charge on any atom is -0.382 e. The third-order valence-electron chi connectivity index (χ3n) is 1.64. The number of hydrogen-bond acceptors (Lipinski definition) is 5. The molecule has 4 N–H and O–H groups in total. The van der Waals surface area contributed by atoms with E-state index in [1.165, 1.54) is 0 Å². The summed E-state index contributed by atoms with van der Waals surface area (Å²) < 4.78 is 23.8. The zero-order chi connectivity index (χ0) is 11.3. The van der Waals surface area contributed by atoms with Gasteiger partial charge in [0.1, 0.15) is 5.82 Å². The molecule has 1 aromatic heterocycles. The molecular formula is C8H14N4O2S. The van der Waals surface area contributed by atoms with E-state index in [9.17, 15) is 8.42 Å². The minimum absolute atomic E-state index is 0.313. The molecule has 84 valence electrons. The van der Waals surface area contributed by atoms with Crippen LogP contribution in [0, 0.1) is 0 Å². The molecule has 0 radical (unpaired) electrons. The molecule has 0 fully saturated rings. The van der Waals surface area contributed by atoms with E-state index in [4.69, 9.17) is 5.73 Å². The van der Waals surface area contributed by atoms with E-state index < -0.39 is 10.0 Å². The molecule has 15 heavy (non-hydrogen) atoms. The molecule has 0 aliphatic rings. The fraction of sp³-hybridized carbons (Fsp3) is 0.375. The van der Waals surface area contributed by atoms with E-state index in [1.54, 1.807) is 18.3 Å². The quantitative estimate of drug-likeness (QED) is 0.599. The van der Waals surface area contributed by atoms with Crippen molar-refractivity contribution >= 4 is 21.5 Å². The normalized spacial score (nSPS) is 11.3. The minimum atomic E-state index is -3.13. The van der Waals surface area contributed by atoms with Gasteiger partial charge in [0.15, 0.2) is 0 Å². The zero-order valence-corrected chi connectivity index (χ0v) is 9.21. The highest BCUT2D eigenvalue weighted by Crippen LogP contribution is 2.12. The lowest BCUT2D eigenvalue weighted by Gasteiger charge is -2.07. The molecule has 0 amide bonds. The average molecular weight is 230 g/mol. The van der Waals surface area contributed by atoms with E-state index >= 15 is 0 Å². The first-order valence-corrected chi connectivity index (χ1v) is 6.27. The van der Waals surface area contributed by atoms with Crippen LogP contribution in [0.25, 0.3) is 0 Å². The lowest BCUT2D eigenvalue weighted by atomic mass is 10.4. The van der Waals surface area contributed by atoms with Gasteiger partial charge in [-0.15, -0.1) is 0 Å². The Morgan fingerprint density at radius 2 is 2.20 bits per heavy atom. The number of nitrogens with zero attached hydrogens (tertiary/aromatic N) is 1. The number of pyridine rings is 1. The van der Waals surface area contributed by atoms with Gasteiger partial charge in [-0.05, 0) is 12.1 Å². The molecule has 1 heterocycles. The summed E-state index contributed by atoms with van der Waals surface area (Å²) in [6.45, 7) is 0.774. The van der Waals surface area contributed by atoms with Gasteiger partial charge < -0.3 is 11.1 Å². The molecule has 0 bridgehead atoms. The molecule has 0 saturated carbocycles. The maximum atomic E-state index is 10.7. The van der Waals surface area contributed by atoms with Crippen molar-refractivity contribution in [2.75, 3.05) is 30.4 Å². The van der Waals surface area contributed by atoms with E-state index in [-0.39, 0.29) is 0 Å². The van der Waals surface area contributed by atoms with Crippen LogP contribution in [0.1, 0.15) is 0 Å². The van der Waals surface area contributed by atoms with E-state index in [0.717, 1.165) is 6.26 Å². The summed E-state index contributed by atoms with van der Waals surface area (Å²) in [5.74, 6) is 0.400. The zero-order valence-electron chi connectivity index (χ0n) is 8.40. The molecule has 0 aliphatic heterocycles. The number of hydrogen-bond donors (Lipinski definition) is 3. The highest BCUT2D eigenvalue weighted by Gasteiger charge is 2.00. The Morgan fingerprint density at radius 3 is 2.80 bits per heavy atom. The summed E-state index contributed by atoms with van der Waals surface area (Å²) in [7, 11) is -3.13. The highest BCUT2D eigenvalue weighted by atomic mass is 32.2. The van der Waals surface area contributed by atoms with Gasteiger partial charge in [-0.2, -0.15) is 0 Å². The third-order valence-corrected chi connectivity index (χ3v) is 2.37. The van der Waals surface area contributed by atoms with Crippen molar-refractivity contribution in [1.82, 2.24) is 9.71 Å². The number of nitrogens with two attached hydrogens (primary N) is 1. The number of nitrogens with one attached hydrogen (secondary N) is 2. The molecule has 0 unspecified atom stereocenters. The molecule has 0 saturated heterocycles. The molecule has 6 nitrogen and oxygen atoms in total. The Labute approximate surface area is 88.9 Å². The summed E-state index contributed by atoms with van der Waals surface area (Å²) in [4.78, 5) is 3.88. The first-order valence-electron chi connectivity index (χ1n) is 4.38. The Hall–Kier alpha value is -1.34. The molecule has 0 atom stereocenters. The van der Waals surface area contributed by atoms with Gasteiger partial charge >= 0.3 is 0 Å². The van der Waals surface area contributed by atoms with Crippen molar-refractivity contribution in [2.24, 2.45) is 0 Å². The van der Waals surface area contributed by atoms with Crippen LogP contribution >= 0.6 is 0 Å². The second-order valence-corrected chi connectivity index (χ2v) is 4.86. The second kappa shape index (κ2) is 4.94. The van der Waals surface area contributed by atoms with Gasteiger partial charge in [0.25, 0.3) is 0 Å². The van der Waals surface area contributed by atoms with Gasteiger partial charge in [0.2, 0.25) is 10.0 Å². The maximum Gasteiger partial charge on any atom is 0.208 e. The predicted molar refractivity (Wildman–Crippen MR) is 60.0 cm³/mol. The standard InChI is InChI=1S/C8H14N4O2S/c1-15(13,14)12-6-5-10-7-3-2-4-11-8(7)9/h2-4,10,12H,5-6H2,1H3,(H2,9,11). The second-order valence-electron chi connectivity index (χ2n) is 3.03. The van der Waals surface area contributed by atoms with Gasteiger partial charge in [0, 0.05) is 19.3 Å². The Kier molecular flexibility index (Phi) is 3.87. The summed E-state index contributed by atoms with van der Waals surface area (Å²) >= 11 is 0. The van der Waals surface area contributed by atoms with Crippen molar-refractivity contribution in [3.63, 3.8) is 0 Å². The van der Waals surface area contributed by atoms with Crippen LogP contribution in [0.4, 0.5) is 11.5 Å². The number of sulfonamides is 1. The van der Waals surface area contributed by atoms with Gasteiger partial charge in [-0.1, -0.05) is 0 Å². The van der Waals surface area contributed by atoms with E-state index in [1.807, 2.05) is 0 Å². The van der Waals surface area contributed by atoms with Crippen molar-refractivity contribution in [2.45, 2.75) is 0 Å². The number of aromatic nitrogens is 1. The van der Waals surface area contributed by atoms with Gasteiger partial charge in [-0.3, -0.25) is 0 Å². The monoisotopic (exact) mass is 230 g/mol. The highest BCUT2D eigenvalue weighted by molar-refractivity contribution is 7.88. The van der Waals surface area contributed by atoms with Crippen LogP contribution in [0.2, 0.25) is 0 Å². The predicted octanol–water partition coefficient (Wildman–Crippen LogP) is -0.375. The first kappa shape index (κ1) is 11.7. The van der Waals surface area contributed by atoms with Crippen LogP contribution in [-0.4, -0.2) is 32.7 Å². The van der Waals surface area contributed by atoms with Crippen LogP contribution < -0.4 is 15.8 Å². The fourth-order valence-electron chi connectivity index (χ4n) is 1.00. The van der Waals surface area contributed by atoms with Crippen LogP contribution in [-0.2, 0) is 10.0 Å². The SMILES string of the molecule is CS(=O)(=O)NCCNc1cccnc1N. The molecule has 0 aliphatic carbocycles. The van der Waals surface area contributed by atoms with Crippen LogP contribution in [0.15, 0.2) is 18.3 Å². The van der Waals surface area contributed by atoms with Crippen molar-refractivity contribution in [3.8, 4) is 0 Å². The van der Waals surface area contributed by atoms with Gasteiger partial charge in [0.05, 0.1) is 11.9 Å². The molecular weight excluding hydrogens is 216 g/mol. The lowest BCUT2D eigenvalue weighted by Crippen LogP contribution is -2.27. The molecule has 1 rings (SSSR count). The Morgan fingerprint density at radius 1 is 1.47 bits per heavy atom. The summed E-state index contributed by atoms with van der Waals surface area (Å²) in [6, 6.07) is 3.53.